The summed E-state index contributed by atoms with van der Waals surface area (Å²) in [5.74, 6) is 0. The largest absolute Gasteiger partial charge is 0.395 e. The Bertz CT molecular complexity index is 1000. The van der Waals surface area contributed by atoms with E-state index in [9.17, 15) is 5.11 Å². The van der Waals surface area contributed by atoms with Gasteiger partial charge in [0.25, 0.3) is 0 Å². The minimum Gasteiger partial charge on any atom is -0.395 e. The average Bonchev–Trinajstić information content (AvgIpc) is 2.74. The number of aliphatic hydroxyl groups is 1. The van der Waals surface area contributed by atoms with Crippen molar-refractivity contribution in [1.29, 1.82) is 5.26 Å². The molecule has 2 N–H and O–H groups in total. The third-order valence-corrected chi connectivity index (χ3v) is 5.36. The molecule has 0 aliphatic heterocycles. The molecule has 30 heavy (non-hydrogen) atoms. The first-order valence-electron chi connectivity index (χ1n) is 10.2. The van der Waals surface area contributed by atoms with Crippen LogP contribution < -0.4 is 5.32 Å². The van der Waals surface area contributed by atoms with Gasteiger partial charge in [-0.2, -0.15) is 5.26 Å². The highest BCUT2D eigenvalue weighted by Gasteiger charge is 2.10. The number of pyridine rings is 1. The maximum Gasteiger partial charge on any atom is 0.0991 e. The van der Waals surface area contributed by atoms with Crippen LogP contribution in [0.3, 0.4) is 0 Å². The maximum absolute atomic E-state index is 9.41. The Labute approximate surface area is 182 Å². The van der Waals surface area contributed by atoms with Crippen molar-refractivity contribution in [2.75, 3.05) is 25.0 Å². The molecule has 0 spiro atoms. The van der Waals surface area contributed by atoms with E-state index in [4.69, 9.17) is 16.9 Å². The number of benzene rings is 2. The summed E-state index contributed by atoms with van der Waals surface area (Å²) in [6.45, 7) is 4.62. The summed E-state index contributed by atoms with van der Waals surface area (Å²) in [7, 11) is 0. The van der Waals surface area contributed by atoms with Crippen molar-refractivity contribution in [3.05, 3.63) is 70.9 Å². The summed E-state index contributed by atoms with van der Waals surface area (Å²) < 4.78 is 0. The molecule has 0 aliphatic carbocycles. The average molecular weight is 423 g/mol. The molecule has 1 atom stereocenters. The van der Waals surface area contributed by atoms with Gasteiger partial charge >= 0.3 is 0 Å². The van der Waals surface area contributed by atoms with Crippen LogP contribution in [0.2, 0.25) is 5.02 Å². The summed E-state index contributed by atoms with van der Waals surface area (Å²) in [4.78, 5) is 6.64. The molecule has 3 rings (SSSR count). The third kappa shape index (κ3) is 6.17. The number of nitriles is 1. The van der Waals surface area contributed by atoms with E-state index in [1.807, 2.05) is 48.5 Å². The minimum atomic E-state index is 0.135. The molecular weight excluding hydrogens is 396 g/mol. The van der Waals surface area contributed by atoms with Crippen LogP contribution in [-0.2, 0) is 6.54 Å². The van der Waals surface area contributed by atoms with Crippen LogP contribution in [0.1, 0.15) is 30.9 Å². The first kappa shape index (κ1) is 22.0. The molecule has 0 radical (unpaired) electrons. The normalized spacial score (nSPS) is 12.1. The Morgan fingerprint density at radius 2 is 1.97 bits per heavy atom. The Kier molecular flexibility index (Phi) is 8.04. The van der Waals surface area contributed by atoms with E-state index in [0.29, 0.717) is 23.2 Å². The Hall–Kier alpha value is -2.65. The van der Waals surface area contributed by atoms with Gasteiger partial charge in [-0.15, -0.1) is 0 Å². The number of fused-ring (bicyclic) bond motifs is 1. The van der Waals surface area contributed by atoms with Crippen LogP contribution in [-0.4, -0.2) is 40.7 Å². The molecule has 156 valence electrons. The van der Waals surface area contributed by atoms with Gasteiger partial charge in [-0.05, 0) is 68.3 Å². The van der Waals surface area contributed by atoms with Gasteiger partial charge in [-0.1, -0.05) is 23.7 Å². The smallest absolute Gasteiger partial charge is 0.0991 e. The molecule has 0 aliphatic rings. The van der Waals surface area contributed by atoms with Crippen molar-refractivity contribution in [3.8, 4) is 6.07 Å². The monoisotopic (exact) mass is 422 g/mol. The molecule has 1 aromatic heterocycles. The number of anilines is 1. The highest BCUT2D eigenvalue weighted by Crippen LogP contribution is 2.25. The fraction of sp³-hybridized carbons (Fsp3) is 0.333. The van der Waals surface area contributed by atoms with Crippen LogP contribution in [0.5, 0.6) is 0 Å². The van der Waals surface area contributed by atoms with Crippen molar-refractivity contribution in [2.24, 2.45) is 0 Å². The number of hydrogen-bond donors (Lipinski definition) is 2. The lowest BCUT2D eigenvalue weighted by atomic mass is 10.1. The fourth-order valence-corrected chi connectivity index (χ4v) is 3.73. The number of aromatic nitrogens is 1. The van der Waals surface area contributed by atoms with Crippen molar-refractivity contribution in [1.82, 2.24) is 9.88 Å². The Morgan fingerprint density at radius 1 is 1.17 bits per heavy atom. The van der Waals surface area contributed by atoms with Gasteiger partial charge in [0, 0.05) is 41.4 Å². The van der Waals surface area contributed by atoms with Crippen LogP contribution in [0.25, 0.3) is 10.9 Å². The molecule has 6 heteroatoms. The van der Waals surface area contributed by atoms with E-state index >= 15 is 0 Å². The molecule has 0 saturated carbocycles. The fourth-order valence-electron chi connectivity index (χ4n) is 3.56. The molecule has 0 saturated heterocycles. The lowest BCUT2D eigenvalue weighted by molar-refractivity contribution is 0.187. The third-order valence-electron chi connectivity index (χ3n) is 5.12. The zero-order valence-electron chi connectivity index (χ0n) is 17.2. The number of hydrogen-bond acceptors (Lipinski definition) is 5. The molecule has 1 unspecified atom stereocenters. The van der Waals surface area contributed by atoms with Crippen molar-refractivity contribution < 1.29 is 5.11 Å². The number of halogens is 1. The summed E-state index contributed by atoms with van der Waals surface area (Å²) in [5, 5.41) is 23.7. The standard InChI is InChI=1S/C24H27ClN4O/c1-18(28-23-10-11-27-24-15-21(25)8-9-22(23)24)3-2-12-29(13-14-30)17-20-6-4-19(16-26)5-7-20/h4-11,15,18,30H,2-3,12-14,17H2,1H3,(H,27,28). The van der Waals surface area contributed by atoms with E-state index in [0.717, 1.165) is 48.1 Å². The number of nitrogens with one attached hydrogen (secondary N) is 1. The second kappa shape index (κ2) is 10.9. The van der Waals surface area contributed by atoms with Gasteiger partial charge in [-0.25, -0.2) is 0 Å². The van der Waals surface area contributed by atoms with E-state index in [-0.39, 0.29) is 6.61 Å². The minimum absolute atomic E-state index is 0.135. The van der Waals surface area contributed by atoms with E-state index in [2.05, 4.69) is 28.2 Å². The first-order valence-corrected chi connectivity index (χ1v) is 10.6. The SMILES string of the molecule is CC(CCCN(CCO)Cc1ccc(C#N)cc1)Nc1ccnc2cc(Cl)ccc12. The van der Waals surface area contributed by atoms with Crippen molar-refractivity contribution in [3.63, 3.8) is 0 Å². The predicted octanol–water partition coefficient (Wildman–Crippen LogP) is 4.83. The molecule has 2 aromatic carbocycles. The molecule has 0 fully saturated rings. The summed E-state index contributed by atoms with van der Waals surface area (Å²) in [5.41, 5.74) is 3.76. The van der Waals surface area contributed by atoms with Gasteiger partial charge in [0.05, 0.1) is 23.8 Å². The zero-order valence-corrected chi connectivity index (χ0v) is 17.9. The molecule has 0 bridgehead atoms. The van der Waals surface area contributed by atoms with Gasteiger partial charge in [0.1, 0.15) is 0 Å². The Morgan fingerprint density at radius 3 is 2.70 bits per heavy atom. The molecule has 0 amide bonds. The van der Waals surface area contributed by atoms with Crippen LogP contribution >= 0.6 is 11.6 Å². The van der Waals surface area contributed by atoms with Crippen LogP contribution in [0.15, 0.2) is 54.7 Å². The van der Waals surface area contributed by atoms with Crippen molar-refractivity contribution in [2.45, 2.75) is 32.4 Å². The predicted molar refractivity (Wildman–Crippen MR) is 123 cm³/mol. The van der Waals surface area contributed by atoms with E-state index in [1.54, 1.807) is 6.20 Å². The van der Waals surface area contributed by atoms with Crippen LogP contribution in [0.4, 0.5) is 5.69 Å². The van der Waals surface area contributed by atoms with E-state index < -0.39 is 0 Å². The highest BCUT2D eigenvalue weighted by molar-refractivity contribution is 6.31. The highest BCUT2D eigenvalue weighted by atomic mass is 35.5. The van der Waals surface area contributed by atoms with Gasteiger partial charge < -0.3 is 10.4 Å². The van der Waals surface area contributed by atoms with Gasteiger partial charge in [0.2, 0.25) is 0 Å². The lowest BCUT2D eigenvalue weighted by Crippen LogP contribution is -2.28. The summed E-state index contributed by atoms with van der Waals surface area (Å²) in [6, 6.07) is 17.8. The lowest BCUT2D eigenvalue weighted by Gasteiger charge is -2.23. The van der Waals surface area contributed by atoms with Crippen molar-refractivity contribution >= 4 is 28.2 Å². The first-order chi connectivity index (χ1) is 14.6. The van der Waals surface area contributed by atoms with Crippen LogP contribution in [0, 0.1) is 11.3 Å². The number of rotatable bonds is 10. The number of nitrogens with zero attached hydrogens (tertiary/aromatic N) is 3. The van der Waals surface area contributed by atoms with E-state index in [1.165, 1.54) is 0 Å². The molecule has 3 aromatic rings. The maximum atomic E-state index is 9.41. The summed E-state index contributed by atoms with van der Waals surface area (Å²) >= 11 is 6.08. The Balaban J connectivity index is 1.53. The second-order valence-electron chi connectivity index (χ2n) is 7.52. The van der Waals surface area contributed by atoms with Gasteiger partial charge in [-0.3, -0.25) is 9.88 Å². The zero-order chi connectivity index (χ0) is 21.3. The molecular formula is C24H27ClN4O. The molecule has 5 nitrogen and oxygen atoms in total. The summed E-state index contributed by atoms with van der Waals surface area (Å²) in [6.07, 6.45) is 3.82. The van der Waals surface area contributed by atoms with Gasteiger partial charge in [0.15, 0.2) is 0 Å². The quantitative estimate of drug-likeness (QED) is 0.489. The second-order valence-corrected chi connectivity index (χ2v) is 7.95. The topological polar surface area (TPSA) is 72.2 Å². The number of aliphatic hydroxyl groups excluding tert-OH is 1. The molecule has 1 heterocycles.